The minimum Gasteiger partial charge on any atom is -0.309 e. The van der Waals surface area contributed by atoms with Gasteiger partial charge in [-0.3, -0.25) is 0 Å². The average molecular weight is 883 g/mol. The van der Waals surface area contributed by atoms with Gasteiger partial charge in [-0.1, -0.05) is 164 Å². The van der Waals surface area contributed by atoms with E-state index in [0.717, 1.165) is 79.8 Å². The van der Waals surface area contributed by atoms with Crippen molar-refractivity contribution in [1.82, 2.24) is 28.7 Å². The summed E-state index contributed by atoms with van der Waals surface area (Å²) in [6, 6.07) is 76.4. The first-order valence-corrected chi connectivity index (χ1v) is 23.7. The molecular weight excluding hydrogens is 841 g/mol. The number of hydrogen-bond acceptors (Lipinski definition) is 3. The van der Waals surface area contributed by atoms with Crippen LogP contribution in [0.15, 0.2) is 231 Å². The summed E-state index contributed by atoms with van der Waals surface area (Å²) in [7, 11) is 0. The van der Waals surface area contributed by atoms with Crippen LogP contribution < -0.4 is 0 Å². The maximum atomic E-state index is 5.39. The van der Waals surface area contributed by atoms with Gasteiger partial charge < -0.3 is 13.7 Å². The Morgan fingerprint density at radius 2 is 0.870 bits per heavy atom. The molecule has 1 aliphatic rings. The van der Waals surface area contributed by atoms with Crippen molar-refractivity contribution in [3.63, 3.8) is 0 Å². The third kappa shape index (κ3) is 6.23. The highest BCUT2D eigenvalue weighted by molar-refractivity contribution is 6.14. The molecule has 14 rings (SSSR count). The maximum absolute atomic E-state index is 5.39. The standard InChI is InChI=1S/C63H42N6/c1-4-19-41(20-5-1)61-64-62(42-21-6-2-7-22-42)66-63(65-61)51-29-18-34-58(60(51)69-55-32-16-11-25-46(55)47-26-12-17-33-56(47)69)68-54-31-15-10-27-48(54)50-37-35-44(40-59(50)68)43-36-38-57-52(39-43)49-28-13-14-30-53(49)67(57)45-23-8-3-9-24-45/h1,3-6,8-40H,2,7H2. The van der Waals surface area contributed by atoms with E-state index in [0.29, 0.717) is 17.5 Å². The molecule has 0 spiro atoms. The molecule has 0 saturated heterocycles. The van der Waals surface area contributed by atoms with Crippen molar-refractivity contribution >= 4 is 71.0 Å². The second-order valence-corrected chi connectivity index (χ2v) is 17.9. The first kappa shape index (κ1) is 39.1. The Morgan fingerprint density at radius 3 is 1.55 bits per heavy atom. The summed E-state index contributed by atoms with van der Waals surface area (Å²) in [6.07, 6.45) is 8.54. The Kier molecular flexibility index (Phi) is 8.92. The van der Waals surface area contributed by atoms with E-state index in [1.54, 1.807) is 0 Å². The molecule has 0 fully saturated rings. The fourth-order valence-corrected chi connectivity index (χ4v) is 10.8. The molecule has 4 heterocycles. The van der Waals surface area contributed by atoms with Gasteiger partial charge in [0.25, 0.3) is 0 Å². The lowest BCUT2D eigenvalue weighted by Gasteiger charge is -2.20. The van der Waals surface area contributed by atoms with Gasteiger partial charge >= 0.3 is 0 Å². The molecule has 69 heavy (non-hydrogen) atoms. The number of para-hydroxylation sites is 6. The lowest BCUT2D eigenvalue weighted by Crippen LogP contribution is -2.08. The van der Waals surface area contributed by atoms with Crippen LogP contribution in [0, 0.1) is 0 Å². The van der Waals surface area contributed by atoms with Crippen molar-refractivity contribution in [3.05, 3.63) is 236 Å². The summed E-state index contributed by atoms with van der Waals surface area (Å²) in [4.78, 5) is 15.9. The summed E-state index contributed by atoms with van der Waals surface area (Å²) in [5.41, 5.74) is 15.1. The van der Waals surface area contributed by atoms with Crippen molar-refractivity contribution in [2.24, 2.45) is 0 Å². The summed E-state index contributed by atoms with van der Waals surface area (Å²) < 4.78 is 7.27. The topological polar surface area (TPSA) is 53.5 Å². The number of rotatable bonds is 7. The molecule has 0 bridgehead atoms. The van der Waals surface area contributed by atoms with E-state index in [-0.39, 0.29) is 0 Å². The zero-order chi connectivity index (χ0) is 45.4. The second-order valence-electron chi connectivity index (χ2n) is 17.9. The smallest absolute Gasteiger partial charge is 0.166 e. The Labute approximate surface area is 398 Å². The molecule has 0 amide bonds. The molecule has 13 aromatic rings. The van der Waals surface area contributed by atoms with Gasteiger partial charge in [-0.2, -0.15) is 0 Å². The lowest BCUT2D eigenvalue weighted by atomic mass is 10.0. The molecule has 4 aromatic heterocycles. The third-order valence-electron chi connectivity index (χ3n) is 13.9. The molecule has 0 radical (unpaired) electrons. The molecule has 0 aliphatic heterocycles. The fraction of sp³-hybridized carbons (Fsp3) is 0.0317. The van der Waals surface area contributed by atoms with Crippen LogP contribution in [0.2, 0.25) is 0 Å². The average Bonchev–Trinajstić information content (AvgIpc) is 4.06. The van der Waals surface area contributed by atoms with Crippen molar-refractivity contribution in [2.75, 3.05) is 0 Å². The van der Waals surface area contributed by atoms with Crippen LogP contribution >= 0.6 is 0 Å². The van der Waals surface area contributed by atoms with Crippen LogP contribution in [-0.4, -0.2) is 28.7 Å². The largest absolute Gasteiger partial charge is 0.309 e. The monoisotopic (exact) mass is 882 g/mol. The molecule has 0 saturated carbocycles. The summed E-state index contributed by atoms with van der Waals surface area (Å²) in [5.74, 6) is 1.92. The summed E-state index contributed by atoms with van der Waals surface area (Å²) in [6.45, 7) is 0. The zero-order valence-corrected chi connectivity index (χ0v) is 37.5. The number of aromatic nitrogens is 6. The van der Waals surface area contributed by atoms with Crippen LogP contribution in [0.4, 0.5) is 0 Å². The number of hydrogen-bond donors (Lipinski definition) is 0. The molecule has 9 aromatic carbocycles. The van der Waals surface area contributed by atoms with Gasteiger partial charge in [0.1, 0.15) is 0 Å². The molecule has 0 atom stereocenters. The van der Waals surface area contributed by atoms with E-state index in [1.165, 1.54) is 43.4 Å². The Bertz CT molecular complexity index is 4190. The maximum Gasteiger partial charge on any atom is 0.166 e. The van der Waals surface area contributed by atoms with Gasteiger partial charge in [0.15, 0.2) is 17.5 Å². The van der Waals surface area contributed by atoms with Gasteiger partial charge in [0.2, 0.25) is 0 Å². The predicted molar refractivity (Wildman–Crippen MR) is 286 cm³/mol. The van der Waals surface area contributed by atoms with Crippen LogP contribution in [0.5, 0.6) is 0 Å². The molecule has 6 nitrogen and oxygen atoms in total. The number of nitrogens with zero attached hydrogens (tertiary/aromatic N) is 6. The number of fused-ring (bicyclic) bond motifs is 9. The van der Waals surface area contributed by atoms with Gasteiger partial charge in [0.05, 0.1) is 44.5 Å². The Morgan fingerprint density at radius 1 is 0.333 bits per heavy atom. The van der Waals surface area contributed by atoms with Crippen LogP contribution in [-0.2, 0) is 0 Å². The highest BCUT2D eigenvalue weighted by Crippen LogP contribution is 2.43. The molecule has 324 valence electrons. The summed E-state index contributed by atoms with van der Waals surface area (Å²) in [5, 5.41) is 7.18. The van der Waals surface area contributed by atoms with Crippen LogP contribution in [0.25, 0.3) is 122 Å². The highest BCUT2D eigenvalue weighted by atomic mass is 15.1. The van der Waals surface area contributed by atoms with Crippen LogP contribution in [0.1, 0.15) is 18.7 Å². The van der Waals surface area contributed by atoms with E-state index in [2.05, 4.69) is 226 Å². The number of benzene rings is 9. The normalized spacial score (nSPS) is 12.8. The van der Waals surface area contributed by atoms with Gasteiger partial charge in [-0.15, -0.1) is 0 Å². The molecule has 0 unspecified atom stereocenters. The predicted octanol–water partition coefficient (Wildman–Crippen LogP) is 15.9. The van der Waals surface area contributed by atoms with E-state index >= 15 is 0 Å². The Balaban J connectivity index is 1.06. The van der Waals surface area contributed by atoms with Crippen LogP contribution in [0.3, 0.4) is 0 Å². The van der Waals surface area contributed by atoms with Crippen molar-refractivity contribution in [3.8, 4) is 51.0 Å². The zero-order valence-electron chi connectivity index (χ0n) is 37.5. The molecule has 1 aliphatic carbocycles. The SMILES string of the molecule is C1=CC(c2nc(-c3ccccc3)nc(-c3cccc(-n4c5ccccc5c5ccc(-c6ccc7c(c6)c6ccccc6n7-c6ccccc6)cc54)c3-n3c4ccccc4c4ccccc43)n2)=CCC1. The second kappa shape index (κ2) is 15.8. The van der Waals surface area contributed by atoms with Crippen molar-refractivity contribution in [1.29, 1.82) is 0 Å². The first-order chi connectivity index (χ1) is 34.2. The third-order valence-corrected chi connectivity index (χ3v) is 13.9. The van der Waals surface area contributed by atoms with Gasteiger partial charge in [-0.25, -0.2) is 15.0 Å². The highest BCUT2D eigenvalue weighted by Gasteiger charge is 2.25. The molecule has 0 N–H and O–H groups in total. The summed E-state index contributed by atoms with van der Waals surface area (Å²) >= 11 is 0. The van der Waals surface area contributed by atoms with Gasteiger partial charge in [-0.05, 0) is 90.7 Å². The van der Waals surface area contributed by atoms with Crippen molar-refractivity contribution < 1.29 is 0 Å². The fourth-order valence-electron chi connectivity index (χ4n) is 10.8. The Hall–Kier alpha value is -9.13. The molecule has 6 heteroatoms. The lowest BCUT2D eigenvalue weighted by molar-refractivity contribution is 1.00. The van der Waals surface area contributed by atoms with Crippen molar-refractivity contribution in [2.45, 2.75) is 12.8 Å². The molecular formula is C63H42N6. The minimum absolute atomic E-state index is 0.613. The quantitative estimate of drug-likeness (QED) is 0.160. The minimum atomic E-state index is 0.613. The van der Waals surface area contributed by atoms with E-state index in [9.17, 15) is 0 Å². The first-order valence-electron chi connectivity index (χ1n) is 23.7. The number of allylic oxidation sites excluding steroid dienone is 4. The van der Waals surface area contributed by atoms with E-state index < -0.39 is 0 Å². The van der Waals surface area contributed by atoms with Gasteiger partial charge in [0, 0.05) is 54.7 Å². The van der Waals surface area contributed by atoms with E-state index in [4.69, 9.17) is 15.0 Å². The van der Waals surface area contributed by atoms with E-state index in [1.807, 2.05) is 18.2 Å².